The second-order valence-corrected chi connectivity index (χ2v) is 6.66. The number of ether oxygens (including phenoxy) is 2. The highest BCUT2D eigenvalue weighted by Crippen LogP contribution is 2.33. The van der Waals surface area contributed by atoms with Gasteiger partial charge in [-0.15, -0.1) is 0 Å². The van der Waals surface area contributed by atoms with Crippen LogP contribution in [-0.4, -0.2) is 59.1 Å². The largest absolute Gasteiger partial charge is 0.381 e. The standard InChI is InChI=1S/C18H23N5O3/c1-25-12-18(15-5-3-2-4-14(15)6-9-26-18)11-19-17(24)22-7-8-23-16(10-22)20-13-21-23/h2-5,13H,6-12H2,1H3,(H,19,24). The lowest BCUT2D eigenvalue weighted by Crippen LogP contribution is -2.52. The van der Waals surface area contributed by atoms with Gasteiger partial charge in [0.2, 0.25) is 0 Å². The van der Waals surface area contributed by atoms with Crippen LogP contribution in [0.15, 0.2) is 30.6 Å². The number of hydrogen-bond donors (Lipinski definition) is 1. The molecule has 1 N–H and O–H groups in total. The van der Waals surface area contributed by atoms with E-state index < -0.39 is 5.60 Å². The summed E-state index contributed by atoms with van der Waals surface area (Å²) < 4.78 is 13.4. The van der Waals surface area contributed by atoms with Crippen molar-refractivity contribution >= 4 is 6.03 Å². The number of aromatic nitrogens is 3. The number of nitrogens with one attached hydrogen (secondary N) is 1. The predicted octanol–water partition coefficient (Wildman–Crippen LogP) is 0.918. The van der Waals surface area contributed by atoms with E-state index in [-0.39, 0.29) is 6.03 Å². The fraction of sp³-hybridized carbons (Fsp3) is 0.500. The van der Waals surface area contributed by atoms with Gasteiger partial charge >= 0.3 is 6.03 Å². The number of rotatable bonds is 4. The Labute approximate surface area is 152 Å². The minimum absolute atomic E-state index is 0.124. The van der Waals surface area contributed by atoms with Crippen LogP contribution in [0, 0.1) is 0 Å². The number of urea groups is 1. The zero-order chi connectivity index (χ0) is 18.0. The summed E-state index contributed by atoms with van der Waals surface area (Å²) >= 11 is 0. The molecule has 3 heterocycles. The van der Waals surface area contributed by atoms with E-state index in [0.717, 1.165) is 17.8 Å². The second kappa shape index (κ2) is 7.05. The number of fused-ring (bicyclic) bond motifs is 2. The molecule has 0 saturated carbocycles. The van der Waals surface area contributed by atoms with Crippen molar-refractivity contribution in [2.45, 2.75) is 25.1 Å². The Morgan fingerprint density at radius 1 is 1.38 bits per heavy atom. The van der Waals surface area contributed by atoms with E-state index in [0.29, 0.717) is 39.4 Å². The molecule has 26 heavy (non-hydrogen) atoms. The van der Waals surface area contributed by atoms with Crippen LogP contribution in [0.2, 0.25) is 0 Å². The summed E-state index contributed by atoms with van der Waals surface area (Å²) in [6.45, 7) is 3.09. The maximum Gasteiger partial charge on any atom is 0.317 e. The molecule has 1 aromatic heterocycles. The summed E-state index contributed by atoms with van der Waals surface area (Å²) in [5, 5.41) is 7.18. The third-order valence-electron chi connectivity index (χ3n) is 5.06. The molecule has 0 aliphatic carbocycles. The molecule has 4 rings (SSSR count). The van der Waals surface area contributed by atoms with Crippen LogP contribution < -0.4 is 5.32 Å². The van der Waals surface area contributed by atoms with Gasteiger partial charge in [0.1, 0.15) is 17.8 Å². The fourth-order valence-electron chi connectivity index (χ4n) is 3.73. The first-order chi connectivity index (χ1) is 12.7. The van der Waals surface area contributed by atoms with E-state index in [1.807, 2.05) is 16.8 Å². The highest BCUT2D eigenvalue weighted by atomic mass is 16.5. The van der Waals surface area contributed by atoms with E-state index in [1.54, 1.807) is 12.0 Å². The molecule has 1 atom stereocenters. The maximum atomic E-state index is 12.7. The molecule has 8 nitrogen and oxygen atoms in total. The number of hydrogen-bond acceptors (Lipinski definition) is 5. The lowest BCUT2D eigenvalue weighted by Gasteiger charge is -2.39. The van der Waals surface area contributed by atoms with Crippen molar-refractivity contribution < 1.29 is 14.3 Å². The predicted molar refractivity (Wildman–Crippen MR) is 93.5 cm³/mol. The third kappa shape index (κ3) is 3.06. The summed E-state index contributed by atoms with van der Waals surface area (Å²) in [5.74, 6) is 0.803. The normalized spacial score (nSPS) is 21.8. The van der Waals surface area contributed by atoms with Crippen molar-refractivity contribution in [3.8, 4) is 0 Å². The van der Waals surface area contributed by atoms with Crippen LogP contribution in [0.3, 0.4) is 0 Å². The lowest BCUT2D eigenvalue weighted by molar-refractivity contribution is -0.0998. The van der Waals surface area contributed by atoms with Crippen molar-refractivity contribution in [2.24, 2.45) is 0 Å². The number of benzene rings is 1. The fourth-order valence-corrected chi connectivity index (χ4v) is 3.73. The highest BCUT2D eigenvalue weighted by Gasteiger charge is 2.39. The molecular formula is C18H23N5O3. The average molecular weight is 357 g/mol. The molecule has 1 aromatic carbocycles. The zero-order valence-electron chi connectivity index (χ0n) is 14.9. The summed E-state index contributed by atoms with van der Waals surface area (Å²) in [4.78, 5) is 18.6. The maximum absolute atomic E-state index is 12.7. The molecule has 2 aliphatic rings. The van der Waals surface area contributed by atoms with Gasteiger partial charge in [-0.05, 0) is 17.5 Å². The van der Waals surface area contributed by atoms with Crippen molar-refractivity contribution in [3.63, 3.8) is 0 Å². The van der Waals surface area contributed by atoms with Crippen LogP contribution in [0.1, 0.15) is 17.0 Å². The Kier molecular flexibility index (Phi) is 4.60. The lowest BCUT2D eigenvalue weighted by atomic mass is 9.86. The Balaban J connectivity index is 1.48. The first-order valence-corrected chi connectivity index (χ1v) is 8.82. The molecule has 1 unspecified atom stereocenters. The Morgan fingerprint density at radius 3 is 3.15 bits per heavy atom. The first-order valence-electron chi connectivity index (χ1n) is 8.82. The highest BCUT2D eigenvalue weighted by molar-refractivity contribution is 5.74. The molecular weight excluding hydrogens is 334 g/mol. The minimum atomic E-state index is -0.658. The summed E-state index contributed by atoms with van der Waals surface area (Å²) in [6, 6.07) is 8.08. The number of carbonyl (C=O) groups excluding carboxylic acids is 1. The molecule has 0 radical (unpaired) electrons. The molecule has 138 valence electrons. The van der Waals surface area contributed by atoms with Crippen molar-refractivity contribution in [1.29, 1.82) is 0 Å². The molecule has 2 amide bonds. The molecule has 0 fully saturated rings. The number of nitrogens with zero attached hydrogens (tertiary/aromatic N) is 4. The van der Waals surface area contributed by atoms with Crippen LogP contribution in [0.5, 0.6) is 0 Å². The van der Waals surface area contributed by atoms with Gasteiger partial charge in [-0.1, -0.05) is 24.3 Å². The van der Waals surface area contributed by atoms with E-state index in [4.69, 9.17) is 9.47 Å². The minimum Gasteiger partial charge on any atom is -0.381 e. The van der Waals surface area contributed by atoms with Gasteiger partial charge in [0.15, 0.2) is 0 Å². The van der Waals surface area contributed by atoms with Gasteiger partial charge in [0.05, 0.1) is 32.8 Å². The topological polar surface area (TPSA) is 81.5 Å². The van der Waals surface area contributed by atoms with Gasteiger partial charge < -0.3 is 19.7 Å². The average Bonchev–Trinajstić information content (AvgIpc) is 3.14. The van der Waals surface area contributed by atoms with E-state index >= 15 is 0 Å². The van der Waals surface area contributed by atoms with Crippen LogP contribution in [0.25, 0.3) is 0 Å². The zero-order valence-corrected chi connectivity index (χ0v) is 14.9. The molecule has 8 heteroatoms. The molecule has 2 aromatic rings. The van der Waals surface area contributed by atoms with Gasteiger partial charge in [-0.25, -0.2) is 14.5 Å². The van der Waals surface area contributed by atoms with Gasteiger partial charge in [-0.2, -0.15) is 5.10 Å². The van der Waals surface area contributed by atoms with Crippen LogP contribution in [-0.2, 0) is 34.6 Å². The summed E-state index contributed by atoms with van der Waals surface area (Å²) in [7, 11) is 1.65. The molecule has 2 aliphatic heterocycles. The molecule has 0 spiro atoms. The number of carbonyl (C=O) groups is 1. The smallest absolute Gasteiger partial charge is 0.317 e. The van der Waals surface area contributed by atoms with Gasteiger partial charge in [0.25, 0.3) is 0 Å². The van der Waals surface area contributed by atoms with E-state index in [1.165, 1.54) is 11.9 Å². The molecule has 0 saturated heterocycles. The van der Waals surface area contributed by atoms with E-state index in [9.17, 15) is 4.79 Å². The number of amides is 2. The monoisotopic (exact) mass is 357 g/mol. The first kappa shape index (κ1) is 17.0. The van der Waals surface area contributed by atoms with Crippen molar-refractivity contribution in [1.82, 2.24) is 25.0 Å². The Bertz CT molecular complexity index is 793. The van der Waals surface area contributed by atoms with E-state index in [2.05, 4.69) is 27.5 Å². The van der Waals surface area contributed by atoms with Gasteiger partial charge in [0, 0.05) is 13.7 Å². The summed E-state index contributed by atoms with van der Waals surface area (Å²) in [5.41, 5.74) is 1.68. The van der Waals surface area contributed by atoms with Crippen LogP contribution in [0.4, 0.5) is 4.79 Å². The Hall–Kier alpha value is -2.45. The number of methoxy groups -OCH3 is 1. The van der Waals surface area contributed by atoms with Crippen LogP contribution >= 0.6 is 0 Å². The SMILES string of the molecule is COCC1(CNC(=O)N2CCn3ncnc3C2)OCCc2ccccc21. The Morgan fingerprint density at radius 2 is 2.27 bits per heavy atom. The molecule has 0 bridgehead atoms. The van der Waals surface area contributed by atoms with Gasteiger partial charge in [-0.3, -0.25) is 0 Å². The quantitative estimate of drug-likeness (QED) is 0.880. The second-order valence-electron chi connectivity index (χ2n) is 6.66. The van der Waals surface area contributed by atoms with Crippen molar-refractivity contribution in [3.05, 3.63) is 47.5 Å². The summed E-state index contributed by atoms with van der Waals surface area (Å²) in [6.07, 6.45) is 2.40. The third-order valence-corrected chi connectivity index (χ3v) is 5.06. The van der Waals surface area contributed by atoms with Crippen molar-refractivity contribution in [2.75, 3.05) is 33.4 Å².